The van der Waals surface area contributed by atoms with Crippen LogP contribution in [0.4, 0.5) is 0 Å². The van der Waals surface area contributed by atoms with Crippen LogP contribution in [0.25, 0.3) is 5.65 Å². The highest BCUT2D eigenvalue weighted by Crippen LogP contribution is 2.33. The Balaban J connectivity index is 1.76. The molecule has 5 heteroatoms. The third kappa shape index (κ3) is 3.07. The van der Waals surface area contributed by atoms with Crippen LogP contribution in [0.3, 0.4) is 0 Å². The van der Waals surface area contributed by atoms with E-state index in [2.05, 4.69) is 21.6 Å². The van der Waals surface area contributed by atoms with Gasteiger partial charge in [0.1, 0.15) is 5.65 Å². The zero-order valence-corrected chi connectivity index (χ0v) is 14.3. The molecule has 3 heterocycles. The molecule has 2 N–H and O–H groups in total. The van der Waals surface area contributed by atoms with Gasteiger partial charge in [-0.25, -0.2) is 4.98 Å². The summed E-state index contributed by atoms with van der Waals surface area (Å²) in [5.74, 6) is 5.94. The average Bonchev–Trinajstić information content (AvgIpc) is 2.95. The highest BCUT2D eigenvalue weighted by Gasteiger charge is 2.28. The number of aliphatic hydroxyl groups is 1. The number of carbonyl (C=O) groups is 1. The van der Waals surface area contributed by atoms with Gasteiger partial charge in [0.2, 0.25) is 5.91 Å². The highest BCUT2D eigenvalue weighted by atomic mass is 16.2. The Morgan fingerprint density at radius 3 is 2.88 bits per heavy atom. The predicted octanol–water partition coefficient (Wildman–Crippen LogP) is 2.22. The van der Waals surface area contributed by atoms with E-state index in [1.165, 1.54) is 0 Å². The van der Waals surface area contributed by atoms with Crippen molar-refractivity contribution in [3.05, 3.63) is 71.2 Å². The molecule has 0 unspecified atom stereocenters. The molecule has 2 aromatic heterocycles. The van der Waals surface area contributed by atoms with Crippen molar-refractivity contribution in [2.45, 2.75) is 25.3 Å². The Kier molecular flexibility index (Phi) is 4.42. The quantitative estimate of drug-likeness (QED) is 0.700. The zero-order valence-electron chi connectivity index (χ0n) is 14.3. The van der Waals surface area contributed by atoms with Crippen LogP contribution in [0.15, 0.2) is 48.7 Å². The minimum absolute atomic E-state index is 0.0319. The van der Waals surface area contributed by atoms with Gasteiger partial charge in [0.25, 0.3) is 0 Å². The summed E-state index contributed by atoms with van der Waals surface area (Å²) in [5, 5.41) is 11.8. The third-order valence-corrected chi connectivity index (χ3v) is 4.60. The van der Waals surface area contributed by atoms with E-state index < -0.39 is 0 Å². The minimum Gasteiger partial charge on any atom is -0.395 e. The van der Waals surface area contributed by atoms with Crippen molar-refractivity contribution in [2.75, 3.05) is 6.61 Å². The number of benzene rings is 1. The predicted molar refractivity (Wildman–Crippen MR) is 98.5 cm³/mol. The minimum atomic E-state index is -0.0515. The number of nitrogens with one attached hydrogen (secondary N) is 1. The van der Waals surface area contributed by atoms with Crippen molar-refractivity contribution in [2.24, 2.45) is 0 Å². The van der Waals surface area contributed by atoms with E-state index in [-0.39, 0.29) is 18.4 Å². The lowest BCUT2D eigenvalue weighted by Crippen LogP contribution is -2.21. The van der Waals surface area contributed by atoms with Crippen LogP contribution in [0, 0.1) is 11.8 Å². The number of aromatic nitrogens is 2. The highest BCUT2D eigenvalue weighted by molar-refractivity contribution is 5.78. The molecule has 0 saturated heterocycles. The van der Waals surface area contributed by atoms with E-state index in [0.29, 0.717) is 19.4 Å². The first-order valence-electron chi connectivity index (χ1n) is 8.68. The second-order valence-electron chi connectivity index (χ2n) is 6.30. The maximum atomic E-state index is 12.2. The summed E-state index contributed by atoms with van der Waals surface area (Å²) in [5.41, 5.74) is 4.85. The number of pyridine rings is 1. The molecular weight excluding hydrogens is 326 g/mol. The third-order valence-electron chi connectivity index (χ3n) is 4.60. The fraction of sp³-hybridized carbons (Fsp3) is 0.238. The Bertz CT molecular complexity index is 1010. The summed E-state index contributed by atoms with van der Waals surface area (Å²) in [6.07, 6.45) is 2.86. The van der Waals surface area contributed by atoms with Gasteiger partial charge in [-0.15, -0.1) is 0 Å². The summed E-state index contributed by atoms with van der Waals surface area (Å²) in [6.45, 7) is 0.524. The number of amides is 1. The maximum Gasteiger partial charge on any atom is 0.221 e. The molecule has 0 saturated carbocycles. The fourth-order valence-electron chi connectivity index (χ4n) is 3.39. The number of aliphatic hydroxyl groups excluding tert-OH is 1. The Labute approximate surface area is 151 Å². The van der Waals surface area contributed by atoms with Gasteiger partial charge >= 0.3 is 0 Å². The Morgan fingerprint density at radius 2 is 2.08 bits per heavy atom. The smallest absolute Gasteiger partial charge is 0.221 e. The molecule has 0 bridgehead atoms. The van der Waals surface area contributed by atoms with Crippen molar-refractivity contribution in [1.82, 2.24) is 14.7 Å². The summed E-state index contributed by atoms with van der Waals surface area (Å²) in [6, 6.07) is 13.9. The first kappa shape index (κ1) is 16.4. The summed E-state index contributed by atoms with van der Waals surface area (Å²) < 4.78 is 2.08. The van der Waals surface area contributed by atoms with Crippen LogP contribution in [-0.4, -0.2) is 27.0 Å². The molecule has 130 valence electrons. The summed E-state index contributed by atoms with van der Waals surface area (Å²) in [7, 11) is 0. The van der Waals surface area contributed by atoms with Gasteiger partial charge < -0.3 is 14.8 Å². The number of imidazole rings is 1. The molecule has 1 aliphatic heterocycles. The van der Waals surface area contributed by atoms with E-state index in [1.807, 2.05) is 48.7 Å². The average molecular weight is 345 g/mol. The molecule has 0 aliphatic carbocycles. The van der Waals surface area contributed by atoms with Crippen LogP contribution in [0.1, 0.15) is 41.3 Å². The van der Waals surface area contributed by atoms with Crippen molar-refractivity contribution in [1.29, 1.82) is 0 Å². The molecule has 0 radical (unpaired) electrons. The fourth-order valence-corrected chi connectivity index (χ4v) is 3.39. The monoisotopic (exact) mass is 345 g/mol. The second kappa shape index (κ2) is 7.03. The SMILES string of the molecule is O=C1C[C@H](c2ccc(C#CCCO)cc2)c2c(nc3ccccn23)CN1. The van der Waals surface area contributed by atoms with Gasteiger partial charge in [0.15, 0.2) is 0 Å². The molecular formula is C21H19N3O2. The number of nitrogens with zero attached hydrogens (tertiary/aromatic N) is 2. The first-order chi connectivity index (χ1) is 12.8. The maximum absolute atomic E-state index is 12.2. The number of rotatable bonds is 2. The van der Waals surface area contributed by atoms with Gasteiger partial charge in [-0.1, -0.05) is 30.0 Å². The first-order valence-corrected chi connectivity index (χ1v) is 8.68. The van der Waals surface area contributed by atoms with E-state index >= 15 is 0 Å². The standard InChI is InChI=1S/C21H19N3O2/c25-12-4-2-5-15-7-9-16(10-8-15)17-13-20(26)22-14-18-21(17)24-11-3-1-6-19(24)23-18/h1,3,6-11,17,25H,4,12-14H2,(H,22,26)/t17-/m1/s1. The molecule has 1 atom stereocenters. The molecule has 0 spiro atoms. The summed E-state index contributed by atoms with van der Waals surface area (Å²) in [4.78, 5) is 16.9. The molecule has 0 fully saturated rings. The van der Waals surface area contributed by atoms with Crippen LogP contribution in [0.5, 0.6) is 0 Å². The Morgan fingerprint density at radius 1 is 1.23 bits per heavy atom. The second-order valence-corrected chi connectivity index (χ2v) is 6.30. The number of hydrogen-bond acceptors (Lipinski definition) is 3. The zero-order chi connectivity index (χ0) is 17.9. The van der Waals surface area contributed by atoms with Crippen molar-refractivity contribution < 1.29 is 9.90 Å². The van der Waals surface area contributed by atoms with E-state index in [4.69, 9.17) is 10.1 Å². The molecule has 1 aromatic carbocycles. The molecule has 5 nitrogen and oxygen atoms in total. The topological polar surface area (TPSA) is 66.6 Å². The van der Waals surface area contributed by atoms with Crippen LogP contribution in [0.2, 0.25) is 0 Å². The van der Waals surface area contributed by atoms with Crippen molar-refractivity contribution in [3.8, 4) is 11.8 Å². The van der Waals surface area contributed by atoms with Crippen LogP contribution in [-0.2, 0) is 11.3 Å². The lowest BCUT2D eigenvalue weighted by Gasteiger charge is -2.16. The Hall–Kier alpha value is -3.10. The van der Waals surface area contributed by atoms with E-state index in [1.54, 1.807) is 0 Å². The van der Waals surface area contributed by atoms with Gasteiger partial charge in [0.05, 0.1) is 24.5 Å². The van der Waals surface area contributed by atoms with Gasteiger partial charge in [-0.05, 0) is 29.8 Å². The molecule has 1 aliphatic rings. The lowest BCUT2D eigenvalue weighted by atomic mass is 9.91. The van der Waals surface area contributed by atoms with Crippen LogP contribution < -0.4 is 5.32 Å². The van der Waals surface area contributed by atoms with Crippen LogP contribution >= 0.6 is 0 Å². The number of hydrogen-bond donors (Lipinski definition) is 2. The molecule has 26 heavy (non-hydrogen) atoms. The van der Waals surface area contributed by atoms with E-state index in [9.17, 15) is 4.79 Å². The number of carbonyl (C=O) groups excluding carboxylic acids is 1. The molecule has 3 aromatic rings. The largest absolute Gasteiger partial charge is 0.395 e. The molecule has 4 rings (SSSR count). The van der Waals surface area contributed by atoms with Gasteiger partial charge in [0, 0.05) is 30.5 Å². The number of fused-ring (bicyclic) bond motifs is 3. The molecule has 1 amide bonds. The van der Waals surface area contributed by atoms with Crippen molar-refractivity contribution >= 4 is 11.6 Å². The van der Waals surface area contributed by atoms with E-state index in [0.717, 1.165) is 28.2 Å². The van der Waals surface area contributed by atoms with Gasteiger partial charge in [-0.2, -0.15) is 0 Å². The lowest BCUT2D eigenvalue weighted by molar-refractivity contribution is -0.121. The normalized spacial score (nSPS) is 16.3. The summed E-state index contributed by atoms with van der Waals surface area (Å²) >= 11 is 0. The van der Waals surface area contributed by atoms with Gasteiger partial charge in [-0.3, -0.25) is 4.79 Å². The van der Waals surface area contributed by atoms with Crippen molar-refractivity contribution in [3.63, 3.8) is 0 Å².